The van der Waals surface area contributed by atoms with E-state index in [2.05, 4.69) is 24.6 Å². The van der Waals surface area contributed by atoms with Crippen molar-refractivity contribution >= 4 is 8.07 Å². The molecule has 0 aliphatic heterocycles. The predicted molar refractivity (Wildman–Crippen MR) is 57.8 cm³/mol. The van der Waals surface area contributed by atoms with Crippen molar-refractivity contribution in [3.8, 4) is 0 Å². The SMILES string of the molecule is C[Si](C)(C)CCOCOn1ccnc1. The Morgan fingerprint density at radius 3 is 2.71 bits per heavy atom. The number of ether oxygens (including phenoxy) is 1. The van der Waals surface area contributed by atoms with Gasteiger partial charge in [0.2, 0.25) is 6.79 Å². The zero-order valence-corrected chi connectivity index (χ0v) is 10.1. The lowest BCUT2D eigenvalue weighted by Gasteiger charge is -2.15. The molecule has 0 saturated carbocycles. The van der Waals surface area contributed by atoms with Crippen LogP contribution in [-0.4, -0.2) is 31.2 Å². The zero-order valence-electron chi connectivity index (χ0n) is 9.06. The molecule has 0 atom stereocenters. The Labute approximate surface area is 85.8 Å². The Balaban J connectivity index is 2.00. The standard InChI is InChI=1S/C9H18N2O2Si/c1-14(2,3)7-6-12-9-13-11-5-4-10-8-11/h4-5,8H,6-7,9H2,1-3H3. The first kappa shape index (κ1) is 11.3. The first-order valence-electron chi connectivity index (χ1n) is 4.77. The fourth-order valence-corrected chi connectivity index (χ4v) is 1.62. The third-order valence-corrected chi connectivity index (χ3v) is 3.47. The van der Waals surface area contributed by atoms with E-state index in [1.807, 2.05) is 0 Å². The van der Waals surface area contributed by atoms with E-state index in [1.165, 1.54) is 10.8 Å². The highest BCUT2D eigenvalue weighted by Crippen LogP contribution is 2.07. The molecule has 0 unspecified atom stereocenters. The highest BCUT2D eigenvalue weighted by molar-refractivity contribution is 6.76. The molecule has 14 heavy (non-hydrogen) atoms. The van der Waals surface area contributed by atoms with Crippen LogP contribution in [0.5, 0.6) is 0 Å². The van der Waals surface area contributed by atoms with E-state index >= 15 is 0 Å². The van der Waals surface area contributed by atoms with Crippen LogP contribution in [0.2, 0.25) is 25.7 Å². The van der Waals surface area contributed by atoms with Crippen LogP contribution in [0.4, 0.5) is 0 Å². The van der Waals surface area contributed by atoms with Crippen LogP contribution < -0.4 is 4.84 Å². The quantitative estimate of drug-likeness (QED) is 0.410. The molecule has 5 heteroatoms. The number of hydrogen-bond donors (Lipinski definition) is 0. The molecule has 0 spiro atoms. The topological polar surface area (TPSA) is 36.3 Å². The van der Waals surface area contributed by atoms with Crippen molar-refractivity contribution < 1.29 is 9.57 Å². The number of rotatable bonds is 6. The van der Waals surface area contributed by atoms with Crippen molar-refractivity contribution in [3.63, 3.8) is 0 Å². The van der Waals surface area contributed by atoms with E-state index in [-0.39, 0.29) is 0 Å². The molecule has 0 fully saturated rings. The van der Waals surface area contributed by atoms with Gasteiger partial charge < -0.3 is 9.57 Å². The minimum absolute atomic E-state index is 0.292. The third-order valence-electron chi connectivity index (χ3n) is 1.76. The first-order chi connectivity index (χ1) is 6.58. The zero-order chi connectivity index (χ0) is 10.4. The van der Waals surface area contributed by atoms with E-state index in [0.29, 0.717) is 6.79 Å². The molecule has 0 aromatic carbocycles. The molecule has 4 nitrogen and oxygen atoms in total. The summed E-state index contributed by atoms with van der Waals surface area (Å²) in [5, 5.41) is 0. The summed E-state index contributed by atoms with van der Waals surface area (Å²) in [5.74, 6) is 0. The molecule has 0 aliphatic rings. The smallest absolute Gasteiger partial charge is 0.214 e. The molecule has 0 aliphatic carbocycles. The lowest BCUT2D eigenvalue weighted by atomic mass is 10.9. The van der Waals surface area contributed by atoms with Gasteiger partial charge in [0.15, 0.2) is 0 Å². The second-order valence-electron chi connectivity index (χ2n) is 4.39. The van der Waals surface area contributed by atoms with Crippen LogP contribution >= 0.6 is 0 Å². The highest BCUT2D eigenvalue weighted by Gasteiger charge is 2.11. The van der Waals surface area contributed by atoms with Gasteiger partial charge in [-0.25, -0.2) is 4.98 Å². The Hall–Kier alpha value is -0.813. The second-order valence-corrected chi connectivity index (χ2v) is 10.0. The van der Waals surface area contributed by atoms with Gasteiger partial charge >= 0.3 is 0 Å². The Morgan fingerprint density at radius 1 is 1.36 bits per heavy atom. The third kappa shape index (κ3) is 5.03. The van der Waals surface area contributed by atoms with Gasteiger partial charge in [0.05, 0.1) is 6.20 Å². The van der Waals surface area contributed by atoms with Gasteiger partial charge in [-0.1, -0.05) is 19.6 Å². The second kappa shape index (κ2) is 5.16. The summed E-state index contributed by atoms with van der Waals surface area (Å²) < 4.78 is 6.88. The van der Waals surface area contributed by atoms with Crippen LogP contribution in [0.3, 0.4) is 0 Å². The first-order valence-corrected chi connectivity index (χ1v) is 8.48. The van der Waals surface area contributed by atoms with E-state index in [0.717, 1.165) is 6.61 Å². The van der Waals surface area contributed by atoms with Crippen molar-refractivity contribution in [2.75, 3.05) is 13.4 Å². The maximum Gasteiger partial charge on any atom is 0.214 e. The summed E-state index contributed by atoms with van der Waals surface area (Å²) in [6.07, 6.45) is 5.01. The minimum Gasteiger partial charge on any atom is -0.384 e. The maximum atomic E-state index is 5.35. The number of aromatic nitrogens is 2. The van der Waals surface area contributed by atoms with Gasteiger partial charge in [-0.2, -0.15) is 4.73 Å². The molecule has 0 bridgehead atoms. The number of hydrogen-bond acceptors (Lipinski definition) is 3. The molecular weight excluding hydrogens is 196 g/mol. The van der Waals surface area contributed by atoms with Gasteiger partial charge in [-0.15, -0.1) is 0 Å². The van der Waals surface area contributed by atoms with Crippen molar-refractivity contribution in [2.45, 2.75) is 25.7 Å². The Morgan fingerprint density at radius 2 is 2.14 bits per heavy atom. The van der Waals surface area contributed by atoms with Gasteiger partial charge in [0.25, 0.3) is 0 Å². The molecule has 0 amide bonds. The van der Waals surface area contributed by atoms with Crippen LogP contribution in [0, 0.1) is 0 Å². The van der Waals surface area contributed by atoms with E-state index in [9.17, 15) is 0 Å². The number of imidazole rings is 1. The summed E-state index contributed by atoms with van der Waals surface area (Å²) in [5.41, 5.74) is 0. The monoisotopic (exact) mass is 214 g/mol. The lowest BCUT2D eigenvalue weighted by molar-refractivity contribution is -0.0559. The van der Waals surface area contributed by atoms with Gasteiger partial charge in [-0.05, 0) is 6.04 Å². The van der Waals surface area contributed by atoms with E-state index < -0.39 is 8.07 Å². The highest BCUT2D eigenvalue weighted by atomic mass is 28.3. The molecule has 0 N–H and O–H groups in total. The van der Waals surface area contributed by atoms with Crippen molar-refractivity contribution in [3.05, 3.63) is 18.7 Å². The molecule has 1 heterocycles. The number of nitrogens with zero attached hydrogens (tertiary/aromatic N) is 2. The summed E-state index contributed by atoms with van der Waals surface area (Å²) in [4.78, 5) is 9.06. The molecule has 80 valence electrons. The van der Waals surface area contributed by atoms with Crippen LogP contribution in [-0.2, 0) is 4.74 Å². The average molecular weight is 214 g/mol. The Kier molecular flexibility index (Phi) is 4.15. The molecular formula is C9H18N2O2Si. The van der Waals surface area contributed by atoms with Gasteiger partial charge in [0, 0.05) is 20.9 Å². The molecule has 0 radical (unpaired) electrons. The van der Waals surface area contributed by atoms with E-state index in [4.69, 9.17) is 9.57 Å². The largest absolute Gasteiger partial charge is 0.384 e. The van der Waals surface area contributed by atoms with Crippen LogP contribution in [0.15, 0.2) is 18.7 Å². The molecule has 1 aromatic heterocycles. The molecule has 0 saturated heterocycles. The van der Waals surface area contributed by atoms with Crippen molar-refractivity contribution in [1.29, 1.82) is 0 Å². The summed E-state index contributed by atoms with van der Waals surface area (Å²) >= 11 is 0. The lowest BCUT2D eigenvalue weighted by Crippen LogP contribution is -2.23. The molecule has 1 aromatic rings. The van der Waals surface area contributed by atoms with Crippen LogP contribution in [0.1, 0.15) is 0 Å². The average Bonchev–Trinajstić information content (AvgIpc) is 2.54. The minimum atomic E-state index is -0.973. The Bertz CT molecular complexity index is 244. The maximum absolute atomic E-state index is 5.35. The normalized spacial score (nSPS) is 11.6. The summed E-state index contributed by atoms with van der Waals surface area (Å²) in [6.45, 7) is 8.05. The van der Waals surface area contributed by atoms with Gasteiger partial charge in [0.1, 0.15) is 6.33 Å². The fourth-order valence-electron chi connectivity index (χ4n) is 0.859. The van der Waals surface area contributed by atoms with Crippen LogP contribution in [0.25, 0.3) is 0 Å². The van der Waals surface area contributed by atoms with Crippen molar-refractivity contribution in [2.24, 2.45) is 0 Å². The fraction of sp³-hybridized carbons (Fsp3) is 0.667. The predicted octanol–water partition coefficient (Wildman–Crippen LogP) is 1.62. The summed E-state index contributed by atoms with van der Waals surface area (Å²) in [7, 11) is -0.973. The van der Waals surface area contributed by atoms with Gasteiger partial charge in [-0.3, -0.25) is 0 Å². The van der Waals surface area contributed by atoms with E-state index in [1.54, 1.807) is 18.7 Å². The summed E-state index contributed by atoms with van der Waals surface area (Å²) in [6, 6.07) is 1.17. The van der Waals surface area contributed by atoms with Crippen molar-refractivity contribution in [1.82, 2.24) is 9.71 Å². The molecule has 1 rings (SSSR count).